The molecule has 1 aromatic heterocycles. The van der Waals surface area contributed by atoms with E-state index < -0.39 is 6.04 Å². The van der Waals surface area contributed by atoms with E-state index in [4.69, 9.17) is 17.3 Å². The zero-order chi connectivity index (χ0) is 9.84. The minimum absolute atomic E-state index is 0.149. The monoisotopic (exact) mass is 218 g/mol. The SMILES string of the molecule is C[C@H](N)C(=O)NCc1ccc(Cl)s1. The van der Waals surface area contributed by atoms with Crippen LogP contribution in [0.3, 0.4) is 0 Å². The number of nitrogens with two attached hydrogens (primary N) is 1. The Morgan fingerprint density at radius 2 is 2.46 bits per heavy atom. The van der Waals surface area contributed by atoms with E-state index in [0.29, 0.717) is 6.54 Å². The minimum Gasteiger partial charge on any atom is -0.350 e. The summed E-state index contributed by atoms with van der Waals surface area (Å²) in [6.07, 6.45) is 0. The number of thiophene rings is 1. The van der Waals surface area contributed by atoms with E-state index >= 15 is 0 Å². The second-order valence-corrected chi connectivity index (χ2v) is 4.51. The van der Waals surface area contributed by atoms with Gasteiger partial charge in [-0.25, -0.2) is 0 Å². The summed E-state index contributed by atoms with van der Waals surface area (Å²) in [6.45, 7) is 2.15. The lowest BCUT2D eigenvalue weighted by Gasteiger charge is -2.05. The van der Waals surface area contributed by atoms with Gasteiger partial charge in [0.2, 0.25) is 5.91 Å². The average Bonchev–Trinajstić information content (AvgIpc) is 2.47. The van der Waals surface area contributed by atoms with Crippen molar-refractivity contribution in [3.8, 4) is 0 Å². The Kier molecular flexibility index (Phi) is 3.71. The molecule has 3 N–H and O–H groups in total. The molecule has 72 valence electrons. The van der Waals surface area contributed by atoms with Crippen LogP contribution in [0, 0.1) is 0 Å². The molecule has 0 aliphatic carbocycles. The van der Waals surface area contributed by atoms with Gasteiger partial charge >= 0.3 is 0 Å². The summed E-state index contributed by atoms with van der Waals surface area (Å²) in [7, 11) is 0. The molecule has 0 unspecified atom stereocenters. The number of carbonyl (C=O) groups is 1. The van der Waals surface area contributed by atoms with E-state index in [-0.39, 0.29) is 5.91 Å². The normalized spacial score (nSPS) is 12.5. The van der Waals surface area contributed by atoms with Gasteiger partial charge in [-0.2, -0.15) is 0 Å². The molecule has 0 saturated carbocycles. The van der Waals surface area contributed by atoms with Gasteiger partial charge in [0.25, 0.3) is 0 Å². The van der Waals surface area contributed by atoms with E-state index in [1.807, 2.05) is 6.07 Å². The lowest BCUT2D eigenvalue weighted by molar-refractivity contribution is -0.122. The Hall–Kier alpha value is -0.580. The molecule has 13 heavy (non-hydrogen) atoms. The third-order valence-corrected chi connectivity index (χ3v) is 2.71. The van der Waals surface area contributed by atoms with E-state index in [1.54, 1.807) is 13.0 Å². The Morgan fingerprint density at radius 1 is 1.77 bits per heavy atom. The first-order valence-electron chi connectivity index (χ1n) is 3.87. The van der Waals surface area contributed by atoms with Crippen molar-refractivity contribution >= 4 is 28.8 Å². The Bertz CT molecular complexity index is 298. The van der Waals surface area contributed by atoms with Crippen molar-refractivity contribution in [2.24, 2.45) is 5.73 Å². The number of nitrogens with one attached hydrogen (secondary N) is 1. The first-order chi connectivity index (χ1) is 6.09. The summed E-state index contributed by atoms with van der Waals surface area (Å²) < 4.78 is 0.727. The van der Waals surface area contributed by atoms with Crippen LogP contribution in [0.15, 0.2) is 12.1 Å². The van der Waals surface area contributed by atoms with Gasteiger partial charge in [-0.05, 0) is 19.1 Å². The topological polar surface area (TPSA) is 55.1 Å². The van der Waals surface area contributed by atoms with Gasteiger partial charge in [0.15, 0.2) is 0 Å². The van der Waals surface area contributed by atoms with Crippen molar-refractivity contribution < 1.29 is 4.79 Å². The van der Waals surface area contributed by atoms with Crippen LogP contribution in [0.25, 0.3) is 0 Å². The fourth-order valence-electron chi connectivity index (χ4n) is 0.782. The highest BCUT2D eigenvalue weighted by Gasteiger charge is 2.06. The highest BCUT2D eigenvalue weighted by molar-refractivity contribution is 7.16. The first-order valence-corrected chi connectivity index (χ1v) is 5.06. The van der Waals surface area contributed by atoms with Crippen LogP contribution in [0.4, 0.5) is 0 Å². The predicted molar refractivity (Wildman–Crippen MR) is 54.8 cm³/mol. The van der Waals surface area contributed by atoms with Gasteiger partial charge in [0.1, 0.15) is 0 Å². The molecule has 0 aliphatic rings. The molecular weight excluding hydrogens is 208 g/mol. The highest BCUT2D eigenvalue weighted by atomic mass is 35.5. The van der Waals surface area contributed by atoms with Crippen LogP contribution < -0.4 is 11.1 Å². The minimum atomic E-state index is -0.463. The summed E-state index contributed by atoms with van der Waals surface area (Å²) in [5, 5.41) is 2.70. The molecule has 1 rings (SSSR count). The third-order valence-electron chi connectivity index (χ3n) is 1.48. The van der Waals surface area contributed by atoms with Crippen LogP contribution >= 0.6 is 22.9 Å². The van der Waals surface area contributed by atoms with Crippen molar-refractivity contribution in [2.45, 2.75) is 19.5 Å². The first kappa shape index (κ1) is 10.5. The van der Waals surface area contributed by atoms with Crippen molar-refractivity contribution in [2.75, 3.05) is 0 Å². The average molecular weight is 219 g/mol. The number of rotatable bonds is 3. The molecule has 0 spiro atoms. The molecule has 0 aliphatic heterocycles. The molecule has 0 fully saturated rings. The van der Waals surface area contributed by atoms with Crippen LogP contribution in [0.2, 0.25) is 4.34 Å². The van der Waals surface area contributed by atoms with Gasteiger partial charge in [0.05, 0.1) is 16.9 Å². The number of amides is 1. The number of hydrogen-bond donors (Lipinski definition) is 2. The lowest BCUT2D eigenvalue weighted by atomic mass is 10.3. The standard InChI is InChI=1S/C8H11ClN2OS/c1-5(10)8(12)11-4-6-2-3-7(9)13-6/h2-3,5H,4,10H2,1H3,(H,11,12)/t5-/m0/s1. The summed E-state index contributed by atoms with van der Waals surface area (Å²) in [5.74, 6) is -0.149. The quantitative estimate of drug-likeness (QED) is 0.805. The van der Waals surface area contributed by atoms with Crippen molar-refractivity contribution in [3.05, 3.63) is 21.3 Å². The molecule has 0 bridgehead atoms. The highest BCUT2D eigenvalue weighted by Crippen LogP contribution is 2.20. The van der Waals surface area contributed by atoms with Crippen LogP contribution in [0.5, 0.6) is 0 Å². The van der Waals surface area contributed by atoms with E-state index in [9.17, 15) is 4.79 Å². The maximum absolute atomic E-state index is 11.1. The summed E-state index contributed by atoms with van der Waals surface area (Å²) in [5.41, 5.74) is 5.37. The molecular formula is C8H11ClN2OS. The van der Waals surface area contributed by atoms with E-state index in [2.05, 4.69) is 5.32 Å². The summed E-state index contributed by atoms with van der Waals surface area (Å²) in [4.78, 5) is 12.1. The molecule has 0 saturated heterocycles. The molecule has 1 aromatic rings. The maximum atomic E-state index is 11.1. The lowest BCUT2D eigenvalue weighted by Crippen LogP contribution is -2.37. The second kappa shape index (κ2) is 4.60. The van der Waals surface area contributed by atoms with Crippen molar-refractivity contribution in [3.63, 3.8) is 0 Å². The van der Waals surface area contributed by atoms with E-state index in [1.165, 1.54) is 11.3 Å². The smallest absolute Gasteiger partial charge is 0.236 e. The Morgan fingerprint density at radius 3 is 2.92 bits per heavy atom. The third kappa shape index (κ3) is 3.34. The molecule has 0 radical (unpaired) electrons. The fourth-order valence-corrected chi connectivity index (χ4v) is 1.81. The molecule has 3 nitrogen and oxygen atoms in total. The van der Waals surface area contributed by atoms with Crippen LogP contribution in [0.1, 0.15) is 11.8 Å². The number of hydrogen-bond acceptors (Lipinski definition) is 3. The van der Waals surface area contributed by atoms with Crippen molar-refractivity contribution in [1.29, 1.82) is 0 Å². The predicted octanol–water partition coefficient (Wildman–Crippen LogP) is 1.36. The zero-order valence-electron chi connectivity index (χ0n) is 7.21. The molecule has 5 heteroatoms. The number of carbonyl (C=O) groups excluding carboxylic acids is 1. The van der Waals surface area contributed by atoms with Gasteiger partial charge < -0.3 is 11.1 Å². The van der Waals surface area contributed by atoms with Crippen molar-refractivity contribution in [1.82, 2.24) is 5.32 Å². The van der Waals surface area contributed by atoms with Crippen LogP contribution in [-0.2, 0) is 11.3 Å². The summed E-state index contributed by atoms with van der Waals surface area (Å²) in [6, 6.07) is 3.23. The second-order valence-electron chi connectivity index (χ2n) is 2.71. The van der Waals surface area contributed by atoms with Crippen LogP contribution in [-0.4, -0.2) is 11.9 Å². The van der Waals surface area contributed by atoms with Gasteiger partial charge in [0, 0.05) is 4.88 Å². The maximum Gasteiger partial charge on any atom is 0.236 e. The van der Waals surface area contributed by atoms with E-state index in [0.717, 1.165) is 9.21 Å². The Labute approximate surface area is 85.9 Å². The van der Waals surface area contributed by atoms with Gasteiger partial charge in [-0.1, -0.05) is 11.6 Å². The van der Waals surface area contributed by atoms with Gasteiger partial charge in [-0.15, -0.1) is 11.3 Å². The number of halogens is 1. The fraction of sp³-hybridized carbons (Fsp3) is 0.375. The zero-order valence-corrected chi connectivity index (χ0v) is 8.78. The molecule has 1 heterocycles. The Balaban J connectivity index is 2.39. The molecule has 1 amide bonds. The molecule has 0 aromatic carbocycles. The largest absolute Gasteiger partial charge is 0.350 e. The molecule has 1 atom stereocenters. The summed E-state index contributed by atoms with van der Waals surface area (Å²) >= 11 is 7.17. The van der Waals surface area contributed by atoms with Gasteiger partial charge in [-0.3, -0.25) is 4.79 Å².